The van der Waals surface area contributed by atoms with Crippen molar-refractivity contribution in [3.05, 3.63) is 70.8 Å². The number of benzene rings is 2. The van der Waals surface area contributed by atoms with Crippen molar-refractivity contribution in [1.82, 2.24) is 10.4 Å². The van der Waals surface area contributed by atoms with E-state index in [2.05, 4.69) is 10.2 Å². The summed E-state index contributed by atoms with van der Waals surface area (Å²) in [6.45, 7) is 2.39. The van der Waals surface area contributed by atoms with Crippen molar-refractivity contribution in [1.29, 1.82) is 0 Å². The van der Waals surface area contributed by atoms with Crippen LogP contribution in [0.2, 0.25) is 0 Å². The van der Waals surface area contributed by atoms with Gasteiger partial charge in [-0.3, -0.25) is 9.80 Å². The predicted octanol–water partition coefficient (Wildman–Crippen LogP) is 3.77. The summed E-state index contributed by atoms with van der Waals surface area (Å²) in [7, 11) is 1.32. The molecule has 0 fully saturated rings. The average Bonchev–Trinajstić information content (AvgIpc) is 2.80. The number of esters is 1. The summed E-state index contributed by atoms with van der Waals surface area (Å²) in [5, 5.41) is 11.7. The molecule has 33 heavy (non-hydrogen) atoms. The second-order valence-electron chi connectivity index (χ2n) is 7.59. The van der Waals surface area contributed by atoms with E-state index >= 15 is 0 Å². The van der Waals surface area contributed by atoms with Gasteiger partial charge in [-0.05, 0) is 48.6 Å². The molecule has 6 nitrogen and oxygen atoms in total. The number of nitrogens with zero attached hydrogens (tertiary/aromatic N) is 1. The average molecular weight is 467 g/mol. The van der Waals surface area contributed by atoms with Gasteiger partial charge >= 0.3 is 12.1 Å². The van der Waals surface area contributed by atoms with Crippen molar-refractivity contribution in [2.45, 2.75) is 44.9 Å². The maximum atomic E-state index is 12.9. The van der Waals surface area contributed by atoms with Crippen LogP contribution in [0.5, 0.6) is 0 Å². The Morgan fingerprint density at radius 3 is 2.42 bits per heavy atom. The molecular weight excluding hydrogens is 437 g/mol. The standard InChI is InChI=1S/C24H29F3N2O4/c1-3-22(31)29(28-13-11-17-7-9-19(10-8-17)23(32)33-2)14-12-21(30)16-18-5-4-6-20(15-18)24(25,26)27/h4-10,15,21,28,30H,3,11-14,16H2,1-2H3. The van der Waals surface area contributed by atoms with Crippen LogP contribution >= 0.6 is 0 Å². The van der Waals surface area contributed by atoms with E-state index in [0.717, 1.165) is 17.7 Å². The molecule has 0 saturated carbocycles. The molecule has 0 aliphatic carbocycles. The third-order valence-corrected chi connectivity index (χ3v) is 5.11. The number of halogens is 3. The highest BCUT2D eigenvalue weighted by Crippen LogP contribution is 2.29. The van der Waals surface area contributed by atoms with Gasteiger partial charge in [0.15, 0.2) is 0 Å². The Hall–Kier alpha value is -2.91. The van der Waals surface area contributed by atoms with Gasteiger partial charge in [-0.25, -0.2) is 10.2 Å². The third kappa shape index (κ3) is 8.51. The fourth-order valence-electron chi connectivity index (χ4n) is 3.27. The third-order valence-electron chi connectivity index (χ3n) is 5.11. The lowest BCUT2D eigenvalue weighted by Crippen LogP contribution is -2.45. The molecular formula is C24H29F3N2O4. The van der Waals surface area contributed by atoms with E-state index in [1.165, 1.54) is 24.3 Å². The smallest absolute Gasteiger partial charge is 0.416 e. The van der Waals surface area contributed by atoms with Crippen LogP contribution in [0.4, 0.5) is 13.2 Å². The van der Waals surface area contributed by atoms with Crippen LogP contribution in [0.25, 0.3) is 0 Å². The van der Waals surface area contributed by atoms with E-state index in [4.69, 9.17) is 0 Å². The van der Waals surface area contributed by atoms with E-state index in [1.54, 1.807) is 31.2 Å². The number of alkyl halides is 3. The monoisotopic (exact) mass is 466 g/mol. The molecule has 1 unspecified atom stereocenters. The highest BCUT2D eigenvalue weighted by molar-refractivity contribution is 5.89. The molecule has 0 aliphatic heterocycles. The van der Waals surface area contributed by atoms with Crippen molar-refractivity contribution in [2.75, 3.05) is 20.2 Å². The Morgan fingerprint density at radius 1 is 1.12 bits per heavy atom. The zero-order valence-electron chi connectivity index (χ0n) is 18.7. The summed E-state index contributed by atoms with van der Waals surface area (Å²) >= 11 is 0. The van der Waals surface area contributed by atoms with Crippen LogP contribution in [0, 0.1) is 0 Å². The first-order valence-corrected chi connectivity index (χ1v) is 10.7. The first-order valence-electron chi connectivity index (χ1n) is 10.7. The second-order valence-corrected chi connectivity index (χ2v) is 7.59. The number of hydrogen-bond acceptors (Lipinski definition) is 5. The molecule has 9 heteroatoms. The van der Waals surface area contributed by atoms with Crippen LogP contribution < -0.4 is 5.43 Å². The molecule has 0 radical (unpaired) electrons. The molecule has 0 aromatic heterocycles. The number of nitrogens with one attached hydrogen (secondary N) is 1. The Kier molecular flexibility index (Phi) is 9.87. The summed E-state index contributed by atoms with van der Waals surface area (Å²) in [4.78, 5) is 23.7. The Morgan fingerprint density at radius 2 is 1.82 bits per heavy atom. The molecule has 2 rings (SSSR count). The summed E-state index contributed by atoms with van der Waals surface area (Å²) in [6.07, 6.45) is -4.19. The highest BCUT2D eigenvalue weighted by atomic mass is 19.4. The SMILES string of the molecule is CCC(=O)N(CCC(O)Cc1cccc(C(F)(F)F)c1)NCCc1ccc(C(=O)OC)cc1. The van der Waals surface area contributed by atoms with Crippen LogP contribution in [-0.2, 0) is 28.5 Å². The highest BCUT2D eigenvalue weighted by Gasteiger charge is 2.30. The molecule has 2 aromatic carbocycles. The lowest BCUT2D eigenvalue weighted by Gasteiger charge is -2.24. The summed E-state index contributed by atoms with van der Waals surface area (Å²) in [6, 6.07) is 11.8. The van der Waals surface area contributed by atoms with Gasteiger partial charge < -0.3 is 9.84 Å². The first-order chi connectivity index (χ1) is 15.6. The number of aliphatic hydroxyl groups is 1. The molecule has 2 N–H and O–H groups in total. The Bertz CT molecular complexity index is 917. The summed E-state index contributed by atoms with van der Waals surface area (Å²) < 4.78 is 43.3. The number of aliphatic hydroxyl groups excluding tert-OH is 1. The molecule has 180 valence electrons. The fraction of sp³-hybridized carbons (Fsp3) is 0.417. The summed E-state index contributed by atoms with van der Waals surface area (Å²) in [5.41, 5.74) is 4.09. The number of hydrazine groups is 1. The normalized spacial score (nSPS) is 12.3. The van der Waals surface area contributed by atoms with E-state index in [0.29, 0.717) is 24.1 Å². The predicted molar refractivity (Wildman–Crippen MR) is 117 cm³/mol. The van der Waals surface area contributed by atoms with Gasteiger partial charge in [0.1, 0.15) is 0 Å². The van der Waals surface area contributed by atoms with Gasteiger partial charge in [-0.15, -0.1) is 0 Å². The van der Waals surface area contributed by atoms with Crippen molar-refractivity contribution >= 4 is 11.9 Å². The van der Waals surface area contributed by atoms with Gasteiger partial charge in [-0.1, -0.05) is 37.3 Å². The van der Waals surface area contributed by atoms with Crippen LogP contribution in [-0.4, -0.2) is 48.3 Å². The van der Waals surface area contributed by atoms with Crippen molar-refractivity contribution in [3.63, 3.8) is 0 Å². The number of ether oxygens (including phenoxy) is 1. The molecule has 0 aliphatic rings. The zero-order chi connectivity index (χ0) is 24.4. The number of carbonyl (C=O) groups is 2. The van der Waals surface area contributed by atoms with Gasteiger partial charge in [0.2, 0.25) is 5.91 Å². The van der Waals surface area contributed by atoms with Gasteiger partial charge in [0.25, 0.3) is 0 Å². The topological polar surface area (TPSA) is 78.9 Å². The fourth-order valence-corrected chi connectivity index (χ4v) is 3.27. The lowest BCUT2D eigenvalue weighted by atomic mass is 10.0. The zero-order valence-corrected chi connectivity index (χ0v) is 18.7. The van der Waals surface area contributed by atoms with Crippen LogP contribution in [0.1, 0.15) is 46.8 Å². The number of rotatable bonds is 11. The van der Waals surface area contributed by atoms with Crippen molar-refractivity contribution in [3.8, 4) is 0 Å². The lowest BCUT2D eigenvalue weighted by molar-refractivity contribution is -0.137. The Labute approximate surface area is 191 Å². The minimum absolute atomic E-state index is 0.0601. The van der Waals surface area contributed by atoms with Gasteiger partial charge in [0, 0.05) is 19.5 Å². The minimum Gasteiger partial charge on any atom is -0.465 e. The van der Waals surface area contributed by atoms with E-state index < -0.39 is 23.8 Å². The van der Waals surface area contributed by atoms with E-state index in [-0.39, 0.29) is 31.7 Å². The number of carbonyl (C=O) groups excluding carboxylic acids is 2. The molecule has 0 spiro atoms. The molecule has 0 heterocycles. The van der Waals surface area contributed by atoms with Crippen molar-refractivity contribution in [2.24, 2.45) is 0 Å². The van der Waals surface area contributed by atoms with Crippen molar-refractivity contribution < 1.29 is 32.6 Å². The summed E-state index contributed by atoms with van der Waals surface area (Å²) in [5.74, 6) is -0.564. The number of methoxy groups -OCH3 is 1. The van der Waals surface area contributed by atoms with Crippen LogP contribution in [0.15, 0.2) is 48.5 Å². The first kappa shape index (κ1) is 26.3. The number of hydrogen-bond donors (Lipinski definition) is 2. The molecule has 0 saturated heterocycles. The molecule has 1 atom stereocenters. The molecule has 2 aromatic rings. The maximum absolute atomic E-state index is 12.9. The maximum Gasteiger partial charge on any atom is 0.416 e. The number of amides is 1. The molecule has 0 bridgehead atoms. The largest absolute Gasteiger partial charge is 0.465 e. The Balaban J connectivity index is 1.86. The van der Waals surface area contributed by atoms with Gasteiger partial charge in [-0.2, -0.15) is 13.2 Å². The second kappa shape index (κ2) is 12.4. The molecule has 1 amide bonds. The van der Waals surface area contributed by atoms with Crippen LogP contribution in [0.3, 0.4) is 0 Å². The minimum atomic E-state index is -4.44. The van der Waals surface area contributed by atoms with Gasteiger partial charge in [0.05, 0.1) is 24.3 Å². The quantitative estimate of drug-likeness (QED) is 0.389. The van der Waals surface area contributed by atoms with E-state index in [1.807, 2.05) is 0 Å². The van der Waals surface area contributed by atoms with E-state index in [9.17, 15) is 27.9 Å².